The van der Waals surface area contributed by atoms with E-state index in [0.29, 0.717) is 17.9 Å². The van der Waals surface area contributed by atoms with Crippen molar-refractivity contribution in [3.63, 3.8) is 0 Å². The van der Waals surface area contributed by atoms with E-state index in [1.165, 1.54) is 0 Å². The first-order chi connectivity index (χ1) is 14.5. The molecular weight excluding hydrogens is 378 g/mol. The fourth-order valence-electron chi connectivity index (χ4n) is 3.98. The van der Waals surface area contributed by atoms with Crippen molar-refractivity contribution in [3.05, 3.63) is 42.1 Å². The Balaban J connectivity index is 1.64. The van der Waals surface area contributed by atoms with Gasteiger partial charge in [-0.2, -0.15) is 10.4 Å². The molecule has 1 aromatic carbocycles. The normalized spacial score (nSPS) is 19.7. The molecule has 3 atom stereocenters. The highest BCUT2D eigenvalue weighted by atomic mass is 16.2. The van der Waals surface area contributed by atoms with Gasteiger partial charge in [0.15, 0.2) is 0 Å². The van der Waals surface area contributed by atoms with Crippen molar-refractivity contribution in [2.45, 2.75) is 58.0 Å². The first-order valence-electron chi connectivity index (χ1n) is 10.6. The third kappa shape index (κ3) is 5.47. The van der Waals surface area contributed by atoms with Crippen molar-refractivity contribution in [1.82, 2.24) is 20.8 Å². The second kappa shape index (κ2) is 10.1. The predicted molar refractivity (Wildman–Crippen MR) is 114 cm³/mol. The van der Waals surface area contributed by atoms with Gasteiger partial charge in [-0.1, -0.05) is 38.8 Å². The summed E-state index contributed by atoms with van der Waals surface area (Å²) in [6.07, 6.45) is 5.70. The van der Waals surface area contributed by atoms with Crippen molar-refractivity contribution < 1.29 is 9.59 Å². The van der Waals surface area contributed by atoms with Gasteiger partial charge < -0.3 is 10.6 Å². The van der Waals surface area contributed by atoms with Crippen LogP contribution >= 0.6 is 0 Å². The van der Waals surface area contributed by atoms with Gasteiger partial charge in [-0.15, -0.1) is 0 Å². The number of carbonyl (C=O) groups excluding carboxylic acids is 2. The average molecular weight is 408 g/mol. The van der Waals surface area contributed by atoms with Crippen LogP contribution in [0.2, 0.25) is 0 Å². The van der Waals surface area contributed by atoms with Crippen molar-refractivity contribution in [2.24, 2.45) is 11.8 Å². The molecule has 1 aliphatic rings. The van der Waals surface area contributed by atoms with Crippen LogP contribution in [0.15, 0.2) is 36.5 Å². The van der Waals surface area contributed by atoms with Crippen molar-refractivity contribution >= 4 is 11.8 Å². The Hall–Kier alpha value is -3.14. The van der Waals surface area contributed by atoms with E-state index in [2.05, 4.69) is 26.9 Å². The zero-order valence-electron chi connectivity index (χ0n) is 17.5. The average Bonchev–Trinajstić information content (AvgIpc) is 3.28. The molecule has 1 aromatic heterocycles. The molecule has 0 bridgehead atoms. The Kier molecular flexibility index (Phi) is 7.23. The molecule has 1 saturated carbocycles. The Morgan fingerprint density at radius 2 is 1.93 bits per heavy atom. The highest BCUT2D eigenvalue weighted by Gasteiger charge is 2.33. The molecule has 1 heterocycles. The number of amides is 2. The van der Waals surface area contributed by atoms with Gasteiger partial charge in [0.1, 0.15) is 6.04 Å². The van der Waals surface area contributed by atoms with Gasteiger partial charge >= 0.3 is 0 Å². The molecule has 2 amide bonds. The lowest BCUT2D eigenvalue weighted by molar-refractivity contribution is -0.127. The third-order valence-electron chi connectivity index (χ3n) is 5.56. The fraction of sp³-hybridized carbons (Fsp3) is 0.478. The zero-order chi connectivity index (χ0) is 21.5. The summed E-state index contributed by atoms with van der Waals surface area (Å²) in [4.78, 5) is 25.6. The maximum Gasteiger partial charge on any atom is 0.251 e. The number of nitrogens with zero attached hydrogens (tertiary/aromatic N) is 2. The van der Waals surface area contributed by atoms with E-state index < -0.39 is 6.04 Å². The SMILES string of the molecule is CC(C)C[C@@H](C#N)NC(=O)[C@@H]1CCCC[C@@H]1NC(=O)c1ccc(-c2ccn[nH]2)cc1. The van der Waals surface area contributed by atoms with Crippen LogP contribution in [0.3, 0.4) is 0 Å². The van der Waals surface area contributed by atoms with Crippen LogP contribution in [0, 0.1) is 23.2 Å². The van der Waals surface area contributed by atoms with E-state index in [0.717, 1.165) is 36.9 Å². The second-order valence-electron chi connectivity index (χ2n) is 8.34. The summed E-state index contributed by atoms with van der Waals surface area (Å²) in [5.41, 5.74) is 2.39. The van der Waals surface area contributed by atoms with E-state index in [9.17, 15) is 14.9 Å². The van der Waals surface area contributed by atoms with Crippen LogP contribution in [0.4, 0.5) is 0 Å². The molecule has 1 aliphatic carbocycles. The lowest BCUT2D eigenvalue weighted by Gasteiger charge is -2.32. The van der Waals surface area contributed by atoms with Gasteiger partial charge in [-0.3, -0.25) is 14.7 Å². The number of carbonyl (C=O) groups is 2. The monoisotopic (exact) mass is 407 g/mol. The molecule has 0 saturated heterocycles. The van der Waals surface area contributed by atoms with Crippen LogP contribution in [-0.4, -0.2) is 34.1 Å². The Bertz CT molecular complexity index is 883. The first-order valence-corrected chi connectivity index (χ1v) is 10.6. The minimum atomic E-state index is -0.495. The van der Waals surface area contributed by atoms with E-state index in [-0.39, 0.29) is 23.8 Å². The summed E-state index contributed by atoms with van der Waals surface area (Å²) in [7, 11) is 0. The largest absolute Gasteiger partial charge is 0.349 e. The Labute approximate surface area is 177 Å². The molecule has 30 heavy (non-hydrogen) atoms. The summed E-state index contributed by atoms with van der Waals surface area (Å²) in [5.74, 6) is -0.312. The minimum absolute atomic E-state index is 0.137. The molecule has 0 aliphatic heterocycles. The summed E-state index contributed by atoms with van der Waals surface area (Å²) < 4.78 is 0. The number of nitriles is 1. The predicted octanol–water partition coefficient (Wildman–Crippen LogP) is 3.42. The summed E-state index contributed by atoms with van der Waals surface area (Å²) in [6.45, 7) is 4.05. The molecule has 7 heteroatoms. The summed E-state index contributed by atoms with van der Waals surface area (Å²) in [6, 6.07) is 10.6. The third-order valence-corrected chi connectivity index (χ3v) is 5.56. The van der Waals surface area contributed by atoms with Crippen LogP contribution in [0.25, 0.3) is 11.3 Å². The minimum Gasteiger partial charge on any atom is -0.349 e. The first kappa shape index (κ1) is 21.6. The lowest BCUT2D eigenvalue weighted by Crippen LogP contribution is -2.50. The molecular formula is C23H29N5O2. The standard InChI is InChI=1S/C23H29N5O2/c1-15(2)13-18(14-24)26-23(30)19-5-3-4-6-21(19)27-22(29)17-9-7-16(8-10-17)20-11-12-25-28-20/h7-12,15,18-19,21H,3-6,13H2,1-2H3,(H,25,28)(H,26,30)(H,27,29)/t18-,19+,21-/m0/s1. The Morgan fingerprint density at radius 3 is 2.57 bits per heavy atom. The van der Waals surface area contributed by atoms with Crippen molar-refractivity contribution in [2.75, 3.05) is 0 Å². The van der Waals surface area contributed by atoms with Crippen LogP contribution < -0.4 is 10.6 Å². The van der Waals surface area contributed by atoms with Gasteiger partial charge in [0.05, 0.1) is 17.7 Å². The van der Waals surface area contributed by atoms with Gasteiger partial charge in [0.25, 0.3) is 5.91 Å². The van der Waals surface area contributed by atoms with Crippen molar-refractivity contribution in [1.29, 1.82) is 5.26 Å². The van der Waals surface area contributed by atoms with Crippen LogP contribution in [-0.2, 0) is 4.79 Å². The maximum absolute atomic E-state index is 12.8. The van der Waals surface area contributed by atoms with Crippen LogP contribution in [0.5, 0.6) is 0 Å². The smallest absolute Gasteiger partial charge is 0.251 e. The zero-order valence-corrected chi connectivity index (χ0v) is 17.5. The number of aromatic nitrogens is 2. The van der Waals surface area contributed by atoms with Gasteiger partial charge in [-0.05, 0) is 48.9 Å². The van der Waals surface area contributed by atoms with E-state index in [4.69, 9.17) is 0 Å². The van der Waals surface area contributed by atoms with Gasteiger partial charge in [0.2, 0.25) is 5.91 Å². The lowest BCUT2D eigenvalue weighted by atomic mass is 9.83. The van der Waals surface area contributed by atoms with Gasteiger partial charge in [0, 0.05) is 17.8 Å². The fourth-order valence-corrected chi connectivity index (χ4v) is 3.98. The quantitative estimate of drug-likeness (QED) is 0.653. The number of rotatable bonds is 7. The number of hydrogen-bond donors (Lipinski definition) is 3. The molecule has 3 N–H and O–H groups in total. The molecule has 0 radical (unpaired) electrons. The molecule has 158 valence electrons. The maximum atomic E-state index is 12.8. The number of benzene rings is 1. The van der Waals surface area contributed by atoms with E-state index in [1.807, 2.05) is 32.0 Å². The number of aromatic amines is 1. The van der Waals surface area contributed by atoms with E-state index in [1.54, 1.807) is 18.3 Å². The van der Waals surface area contributed by atoms with Crippen LogP contribution in [0.1, 0.15) is 56.3 Å². The molecule has 3 rings (SSSR count). The second-order valence-corrected chi connectivity index (χ2v) is 8.34. The molecule has 0 unspecified atom stereocenters. The number of H-pyrrole nitrogens is 1. The number of nitrogens with one attached hydrogen (secondary N) is 3. The van der Waals surface area contributed by atoms with Gasteiger partial charge in [-0.25, -0.2) is 0 Å². The highest BCUT2D eigenvalue weighted by Crippen LogP contribution is 2.26. The topological polar surface area (TPSA) is 111 Å². The molecule has 0 spiro atoms. The highest BCUT2D eigenvalue weighted by molar-refractivity contribution is 5.95. The summed E-state index contributed by atoms with van der Waals surface area (Å²) in [5, 5.41) is 22.1. The molecule has 7 nitrogen and oxygen atoms in total. The van der Waals surface area contributed by atoms with E-state index >= 15 is 0 Å². The number of hydrogen-bond acceptors (Lipinski definition) is 4. The molecule has 1 fully saturated rings. The molecule has 2 aromatic rings. The summed E-state index contributed by atoms with van der Waals surface area (Å²) >= 11 is 0. The van der Waals surface area contributed by atoms with Crippen molar-refractivity contribution in [3.8, 4) is 17.3 Å². The Morgan fingerprint density at radius 1 is 1.20 bits per heavy atom.